The van der Waals surface area contributed by atoms with Crippen LogP contribution >= 0.6 is 0 Å². The molecule has 0 fully saturated rings. The predicted octanol–water partition coefficient (Wildman–Crippen LogP) is 1.89. The number of fused-ring (bicyclic) bond motifs is 3. The Kier molecular flexibility index (Phi) is 4.49. The van der Waals surface area contributed by atoms with Crippen LogP contribution in [0.2, 0.25) is 0 Å². The van der Waals surface area contributed by atoms with Crippen molar-refractivity contribution in [2.45, 2.75) is 32.9 Å². The van der Waals surface area contributed by atoms with Gasteiger partial charge in [-0.3, -0.25) is 4.79 Å². The minimum Gasteiger partial charge on any atom is -0.491 e. The lowest BCUT2D eigenvalue weighted by molar-refractivity contribution is -0.121. The number of aromatic nitrogens is 5. The number of rotatable bonds is 5. The van der Waals surface area contributed by atoms with Gasteiger partial charge in [0.15, 0.2) is 11.6 Å². The Morgan fingerprint density at radius 1 is 1.33 bits per heavy atom. The van der Waals surface area contributed by atoms with E-state index in [0.717, 1.165) is 28.5 Å². The Labute approximate surface area is 156 Å². The van der Waals surface area contributed by atoms with Crippen LogP contribution in [0.25, 0.3) is 22.9 Å². The highest BCUT2D eigenvalue weighted by atomic mass is 16.5. The van der Waals surface area contributed by atoms with Crippen molar-refractivity contribution in [3.63, 3.8) is 0 Å². The smallest absolute Gasteiger partial charge is 0.178 e. The van der Waals surface area contributed by atoms with Gasteiger partial charge in [-0.15, -0.1) is 0 Å². The molecule has 140 valence electrons. The van der Waals surface area contributed by atoms with Crippen LogP contribution in [0.5, 0.6) is 5.75 Å². The summed E-state index contributed by atoms with van der Waals surface area (Å²) in [6, 6.07) is 5.82. The molecule has 0 spiro atoms. The van der Waals surface area contributed by atoms with E-state index in [0.29, 0.717) is 18.9 Å². The van der Waals surface area contributed by atoms with Gasteiger partial charge in [0, 0.05) is 18.7 Å². The van der Waals surface area contributed by atoms with Crippen molar-refractivity contribution < 1.29 is 14.6 Å². The third-order valence-corrected chi connectivity index (χ3v) is 4.52. The fourth-order valence-electron chi connectivity index (χ4n) is 3.24. The lowest BCUT2D eigenvalue weighted by atomic mass is 10.1. The zero-order valence-electron chi connectivity index (χ0n) is 15.3. The fraction of sp³-hybridized carbons (Fsp3) is 0.368. The average Bonchev–Trinajstić information content (AvgIpc) is 3.26. The number of Topliss-reactive ketones (excluding diaryl/α,β-unsaturated/α-hetero) is 1. The van der Waals surface area contributed by atoms with Crippen molar-refractivity contribution in [1.82, 2.24) is 24.3 Å². The number of hydrogen-bond donors (Lipinski definition) is 1. The quantitative estimate of drug-likeness (QED) is 0.740. The molecule has 8 nitrogen and oxygen atoms in total. The average molecular weight is 367 g/mol. The first-order valence-electron chi connectivity index (χ1n) is 8.92. The molecule has 0 radical (unpaired) electrons. The number of nitrogens with zero attached hydrogens (tertiary/aromatic N) is 5. The van der Waals surface area contributed by atoms with E-state index in [1.165, 1.54) is 0 Å². The highest BCUT2D eigenvalue weighted by Gasteiger charge is 2.22. The summed E-state index contributed by atoms with van der Waals surface area (Å²) in [6.45, 7) is 4.82. The lowest BCUT2D eigenvalue weighted by Crippen LogP contribution is -2.08. The highest BCUT2D eigenvalue weighted by molar-refractivity contribution is 5.82. The van der Waals surface area contributed by atoms with Gasteiger partial charge in [0.25, 0.3) is 0 Å². The van der Waals surface area contributed by atoms with E-state index in [2.05, 4.69) is 28.5 Å². The van der Waals surface area contributed by atoms with E-state index in [9.17, 15) is 4.79 Å². The Balaban J connectivity index is 1.74. The molecule has 3 heterocycles. The number of carbonyl (C=O) groups is 1. The van der Waals surface area contributed by atoms with Crippen LogP contribution in [-0.2, 0) is 17.8 Å². The second-order valence-corrected chi connectivity index (χ2v) is 6.82. The maximum absolute atomic E-state index is 11.5. The van der Waals surface area contributed by atoms with Crippen molar-refractivity contribution in [3.8, 4) is 28.7 Å². The summed E-state index contributed by atoms with van der Waals surface area (Å²) < 4.78 is 9.77. The molecule has 0 unspecified atom stereocenters. The Morgan fingerprint density at radius 3 is 2.96 bits per heavy atom. The molecule has 2 aromatic heterocycles. The largest absolute Gasteiger partial charge is 0.491 e. The van der Waals surface area contributed by atoms with Crippen molar-refractivity contribution >= 4 is 5.78 Å². The molecule has 1 aromatic carbocycles. The van der Waals surface area contributed by atoms with Crippen molar-refractivity contribution in [2.24, 2.45) is 0 Å². The number of hydrogen-bond acceptors (Lipinski definition) is 6. The molecular formula is C19H21N5O3. The second-order valence-electron chi connectivity index (χ2n) is 6.82. The van der Waals surface area contributed by atoms with Crippen LogP contribution in [0.1, 0.15) is 25.5 Å². The first-order chi connectivity index (χ1) is 13.1. The molecule has 0 amide bonds. The topological polar surface area (TPSA) is 95.1 Å². The van der Waals surface area contributed by atoms with Gasteiger partial charge in [0.05, 0.1) is 12.1 Å². The first kappa shape index (κ1) is 17.4. The van der Waals surface area contributed by atoms with Crippen LogP contribution < -0.4 is 4.74 Å². The molecule has 0 saturated heterocycles. The van der Waals surface area contributed by atoms with Crippen LogP contribution in [0, 0.1) is 0 Å². The molecule has 0 atom stereocenters. The van der Waals surface area contributed by atoms with Gasteiger partial charge >= 0.3 is 0 Å². The predicted molar refractivity (Wildman–Crippen MR) is 98.4 cm³/mol. The molecule has 27 heavy (non-hydrogen) atoms. The van der Waals surface area contributed by atoms with Crippen LogP contribution in [0.4, 0.5) is 0 Å². The maximum atomic E-state index is 11.5. The van der Waals surface area contributed by atoms with Crippen molar-refractivity contribution in [2.75, 3.05) is 13.2 Å². The molecule has 1 N–H and O–H groups in total. The van der Waals surface area contributed by atoms with Crippen molar-refractivity contribution in [3.05, 3.63) is 36.3 Å². The Morgan fingerprint density at radius 2 is 2.19 bits per heavy atom. The number of ether oxygens (including phenoxy) is 1. The van der Waals surface area contributed by atoms with Gasteiger partial charge < -0.3 is 14.4 Å². The van der Waals surface area contributed by atoms with Gasteiger partial charge in [-0.25, -0.2) is 14.6 Å². The number of aliphatic hydroxyl groups excluding tert-OH is 1. The highest BCUT2D eigenvalue weighted by Crippen LogP contribution is 2.34. The summed E-state index contributed by atoms with van der Waals surface area (Å²) in [5.74, 6) is 2.01. The second kappa shape index (κ2) is 6.96. The van der Waals surface area contributed by atoms with E-state index in [1.54, 1.807) is 6.33 Å². The molecule has 1 aliphatic rings. The number of ketones is 1. The van der Waals surface area contributed by atoms with Gasteiger partial charge in [0.1, 0.15) is 36.8 Å². The third-order valence-electron chi connectivity index (χ3n) is 4.52. The monoisotopic (exact) mass is 367 g/mol. The lowest BCUT2D eigenvalue weighted by Gasteiger charge is -2.09. The minimum absolute atomic E-state index is 0.185. The summed E-state index contributed by atoms with van der Waals surface area (Å²) in [4.78, 5) is 20.7. The standard InChI is InChI=1S/C19H21N5O3/c1-12(2)24-19(20-11-21-24)16-9-23-5-6-27-17-8-13(7-14(26)10-25)3-4-15(17)18(23)22-16/h3-4,8-9,11-12,25H,5-7,10H2,1-2H3. The molecule has 0 saturated carbocycles. The first-order valence-corrected chi connectivity index (χ1v) is 8.92. The fourth-order valence-corrected chi connectivity index (χ4v) is 3.24. The van der Waals surface area contributed by atoms with Crippen LogP contribution in [0.3, 0.4) is 0 Å². The molecule has 0 aliphatic carbocycles. The molecule has 0 bridgehead atoms. The third kappa shape index (κ3) is 3.23. The molecule has 8 heteroatoms. The van der Waals surface area contributed by atoms with Gasteiger partial charge in [-0.05, 0) is 31.5 Å². The Bertz CT molecular complexity index is 989. The number of carbonyl (C=O) groups excluding carboxylic acids is 1. The summed E-state index contributed by atoms with van der Waals surface area (Å²) in [5, 5.41) is 13.2. The summed E-state index contributed by atoms with van der Waals surface area (Å²) in [5.41, 5.74) is 2.45. The maximum Gasteiger partial charge on any atom is 0.178 e. The summed E-state index contributed by atoms with van der Waals surface area (Å²) in [6.07, 6.45) is 3.70. The SMILES string of the molecule is CC(C)n1ncnc1-c1cn2c(n1)-c1ccc(CC(=O)CO)cc1OCC2. The summed E-state index contributed by atoms with van der Waals surface area (Å²) >= 11 is 0. The zero-order valence-corrected chi connectivity index (χ0v) is 15.3. The van der Waals surface area contributed by atoms with Crippen LogP contribution in [-0.4, -0.2) is 48.4 Å². The van der Waals surface area contributed by atoms with Crippen LogP contribution in [0.15, 0.2) is 30.7 Å². The number of imidazole rings is 1. The summed E-state index contributed by atoms with van der Waals surface area (Å²) in [7, 11) is 0. The van der Waals surface area contributed by atoms with Gasteiger partial charge in [-0.1, -0.05) is 6.07 Å². The number of benzene rings is 1. The molecule has 3 aromatic rings. The van der Waals surface area contributed by atoms with E-state index < -0.39 is 6.61 Å². The molecular weight excluding hydrogens is 346 g/mol. The Hall–Kier alpha value is -3.00. The number of aliphatic hydroxyl groups is 1. The minimum atomic E-state index is -0.456. The normalized spacial score (nSPS) is 13.0. The van der Waals surface area contributed by atoms with Gasteiger partial charge in [-0.2, -0.15) is 5.10 Å². The molecule has 4 rings (SSSR count). The van der Waals surface area contributed by atoms with E-state index in [4.69, 9.17) is 14.8 Å². The van der Waals surface area contributed by atoms with Gasteiger partial charge in [0.2, 0.25) is 0 Å². The zero-order chi connectivity index (χ0) is 19.0. The van der Waals surface area contributed by atoms with Crippen molar-refractivity contribution in [1.29, 1.82) is 0 Å². The molecule has 1 aliphatic heterocycles. The van der Waals surface area contributed by atoms with E-state index in [-0.39, 0.29) is 18.2 Å². The van der Waals surface area contributed by atoms with E-state index in [1.807, 2.05) is 29.1 Å². The van der Waals surface area contributed by atoms with E-state index >= 15 is 0 Å².